The Morgan fingerprint density at radius 3 is 2.33 bits per heavy atom. The summed E-state index contributed by atoms with van der Waals surface area (Å²) >= 11 is 0. The van der Waals surface area contributed by atoms with E-state index in [0.717, 1.165) is 16.7 Å². The predicted molar refractivity (Wildman–Crippen MR) is 118 cm³/mol. The van der Waals surface area contributed by atoms with Gasteiger partial charge in [0.2, 0.25) is 5.91 Å². The van der Waals surface area contributed by atoms with Crippen LogP contribution in [0.3, 0.4) is 0 Å². The minimum absolute atomic E-state index is 0.0324. The van der Waals surface area contributed by atoms with Gasteiger partial charge in [0.15, 0.2) is 0 Å². The van der Waals surface area contributed by atoms with Crippen molar-refractivity contribution in [1.29, 1.82) is 0 Å². The van der Waals surface area contributed by atoms with Crippen molar-refractivity contribution in [3.8, 4) is 11.5 Å². The Labute approximate surface area is 176 Å². The number of benzene rings is 3. The van der Waals surface area contributed by atoms with Crippen LogP contribution in [0.1, 0.15) is 29.2 Å². The summed E-state index contributed by atoms with van der Waals surface area (Å²) in [5.74, 6) is 1.07. The Hall–Kier alpha value is -3.80. The molecule has 0 heterocycles. The normalized spacial score (nSPS) is 11.4. The van der Waals surface area contributed by atoms with E-state index in [1.165, 1.54) is 0 Å². The number of urea groups is 1. The fourth-order valence-electron chi connectivity index (χ4n) is 3.06. The van der Waals surface area contributed by atoms with Crippen LogP contribution in [0.2, 0.25) is 0 Å². The number of ether oxygens (including phenoxy) is 1. The first-order valence-corrected chi connectivity index (χ1v) is 9.66. The minimum atomic E-state index is -0.701. The van der Waals surface area contributed by atoms with Gasteiger partial charge in [0.1, 0.15) is 11.5 Å². The number of amides is 3. The Morgan fingerprint density at radius 1 is 0.900 bits per heavy atom. The van der Waals surface area contributed by atoms with E-state index in [9.17, 15) is 9.59 Å². The monoisotopic (exact) mass is 403 g/mol. The Morgan fingerprint density at radius 2 is 1.63 bits per heavy atom. The standard InChI is InChI=1S/C24H25N3O3/c1-16-11-12-19(13-17(16)2)26-23(28)15-22(27-24(25)29)18-7-6-10-21(14-18)30-20-8-4-3-5-9-20/h3-14,22H,15H2,1-2H3,(H,26,28)(H3,25,27,29)/t22-/m0/s1. The summed E-state index contributed by atoms with van der Waals surface area (Å²) in [4.78, 5) is 24.1. The fraction of sp³-hybridized carbons (Fsp3) is 0.167. The maximum Gasteiger partial charge on any atom is 0.312 e. The average Bonchev–Trinajstić information content (AvgIpc) is 2.71. The van der Waals surface area contributed by atoms with Gasteiger partial charge in [-0.05, 0) is 66.9 Å². The molecule has 3 aromatic rings. The van der Waals surface area contributed by atoms with Gasteiger partial charge in [-0.1, -0.05) is 36.4 Å². The van der Waals surface area contributed by atoms with E-state index >= 15 is 0 Å². The molecule has 3 amide bonds. The summed E-state index contributed by atoms with van der Waals surface area (Å²) < 4.78 is 5.85. The highest BCUT2D eigenvalue weighted by molar-refractivity contribution is 5.91. The summed E-state index contributed by atoms with van der Waals surface area (Å²) in [6.45, 7) is 4.00. The summed E-state index contributed by atoms with van der Waals surface area (Å²) in [6.07, 6.45) is 0.0324. The molecule has 4 N–H and O–H groups in total. The van der Waals surface area contributed by atoms with Crippen LogP contribution in [0.4, 0.5) is 10.5 Å². The third-order valence-corrected chi connectivity index (χ3v) is 4.74. The van der Waals surface area contributed by atoms with Crippen molar-refractivity contribution in [1.82, 2.24) is 5.32 Å². The maximum absolute atomic E-state index is 12.6. The maximum atomic E-state index is 12.6. The van der Waals surface area contributed by atoms with E-state index in [1.54, 1.807) is 6.07 Å². The first-order chi connectivity index (χ1) is 14.4. The minimum Gasteiger partial charge on any atom is -0.457 e. The van der Waals surface area contributed by atoms with E-state index in [4.69, 9.17) is 10.5 Å². The van der Waals surface area contributed by atoms with Crippen molar-refractivity contribution in [2.75, 3.05) is 5.32 Å². The van der Waals surface area contributed by atoms with Gasteiger partial charge in [-0.3, -0.25) is 4.79 Å². The molecule has 0 aliphatic heterocycles. The van der Waals surface area contributed by atoms with Crippen LogP contribution < -0.4 is 21.1 Å². The topological polar surface area (TPSA) is 93.5 Å². The first-order valence-electron chi connectivity index (χ1n) is 9.66. The van der Waals surface area contributed by atoms with Crippen LogP contribution in [0, 0.1) is 13.8 Å². The van der Waals surface area contributed by atoms with Gasteiger partial charge in [0.05, 0.1) is 12.5 Å². The third-order valence-electron chi connectivity index (χ3n) is 4.74. The molecule has 0 unspecified atom stereocenters. The van der Waals surface area contributed by atoms with E-state index in [0.29, 0.717) is 17.2 Å². The molecule has 1 atom stereocenters. The number of aryl methyl sites for hydroxylation is 2. The summed E-state index contributed by atoms with van der Waals surface area (Å²) in [5, 5.41) is 5.52. The van der Waals surface area contributed by atoms with E-state index < -0.39 is 12.1 Å². The number of nitrogens with two attached hydrogens (primary N) is 1. The van der Waals surface area contributed by atoms with Crippen LogP contribution in [-0.2, 0) is 4.79 Å². The molecule has 0 saturated carbocycles. The molecule has 0 aliphatic carbocycles. The lowest BCUT2D eigenvalue weighted by molar-refractivity contribution is -0.116. The van der Waals surface area contributed by atoms with Gasteiger partial charge in [0, 0.05) is 5.69 Å². The number of nitrogens with one attached hydrogen (secondary N) is 2. The number of primary amides is 1. The Balaban J connectivity index is 1.75. The zero-order chi connectivity index (χ0) is 21.5. The van der Waals surface area contributed by atoms with Crippen LogP contribution in [0.25, 0.3) is 0 Å². The summed E-state index contributed by atoms with van der Waals surface area (Å²) in [7, 11) is 0. The highest BCUT2D eigenvalue weighted by Gasteiger charge is 2.18. The average molecular weight is 403 g/mol. The van der Waals surface area contributed by atoms with Crippen LogP contribution in [0.15, 0.2) is 72.8 Å². The number of anilines is 1. The lowest BCUT2D eigenvalue weighted by atomic mass is 10.0. The molecule has 0 fully saturated rings. The van der Waals surface area contributed by atoms with E-state index in [-0.39, 0.29) is 12.3 Å². The first kappa shape index (κ1) is 20.9. The second-order valence-electron chi connectivity index (χ2n) is 7.10. The van der Waals surface area contributed by atoms with Crippen molar-refractivity contribution in [3.05, 3.63) is 89.5 Å². The number of hydrogen-bond donors (Lipinski definition) is 3. The SMILES string of the molecule is Cc1ccc(NC(=O)C[C@H](NC(N)=O)c2cccc(Oc3ccccc3)c2)cc1C. The molecular formula is C24H25N3O3. The van der Waals surface area contributed by atoms with Gasteiger partial charge in [-0.15, -0.1) is 0 Å². The van der Waals surface area contributed by atoms with Gasteiger partial charge in [0.25, 0.3) is 0 Å². The molecule has 0 saturated heterocycles. The fourth-order valence-corrected chi connectivity index (χ4v) is 3.06. The summed E-state index contributed by atoms with van der Waals surface area (Å²) in [5.41, 5.74) is 9.01. The van der Waals surface area contributed by atoms with Crippen molar-refractivity contribution in [2.24, 2.45) is 5.73 Å². The second kappa shape index (κ2) is 9.60. The van der Waals surface area contributed by atoms with Gasteiger partial charge in [-0.2, -0.15) is 0 Å². The molecule has 0 aromatic heterocycles. The van der Waals surface area contributed by atoms with Crippen LogP contribution in [-0.4, -0.2) is 11.9 Å². The summed E-state index contributed by atoms with van der Waals surface area (Å²) in [6, 6.07) is 21.0. The molecule has 3 aromatic carbocycles. The quantitative estimate of drug-likeness (QED) is 0.527. The molecule has 0 spiro atoms. The highest BCUT2D eigenvalue weighted by Crippen LogP contribution is 2.26. The molecule has 6 nitrogen and oxygen atoms in total. The largest absolute Gasteiger partial charge is 0.457 e. The van der Waals surface area contributed by atoms with Crippen LogP contribution >= 0.6 is 0 Å². The molecule has 0 aliphatic rings. The van der Waals surface area contributed by atoms with Crippen molar-refractivity contribution in [2.45, 2.75) is 26.3 Å². The molecule has 154 valence electrons. The second-order valence-corrected chi connectivity index (χ2v) is 7.10. The molecule has 0 bridgehead atoms. The van der Waals surface area contributed by atoms with Crippen molar-refractivity contribution < 1.29 is 14.3 Å². The zero-order valence-electron chi connectivity index (χ0n) is 17.0. The smallest absolute Gasteiger partial charge is 0.312 e. The lowest BCUT2D eigenvalue weighted by Crippen LogP contribution is -2.35. The van der Waals surface area contributed by atoms with Gasteiger partial charge >= 0.3 is 6.03 Å². The number of carbonyl (C=O) groups is 2. The lowest BCUT2D eigenvalue weighted by Gasteiger charge is -2.19. The number of carbonyl (C=O) groups excluding carboxylic acids is 2. The number of rotatable bonds is 7. The highest BCUT2D eigenvalue weighted by atomic mass is 16.5. The van der Waals surface area contributed by atoms with Crippen LogP contribution in [0.5, 0.6) is 11.5 Å². The van der Waals surface area contributed by atoms with Crippen molar-refractivity contribution >= 4 is 17.6 Å². The molecule has 3 rings (SSSR count). The number of hydrogen-bond acceptors (Lipinski definition) is 3. The number of para-hydroxylation sites is 1. The van der Waals surface area contributed by atoms with Crippen molar-refractivity contribution in [3.63, 3.8) is 0 Å². The van der Waals surface area contributed by atoms with Gasteiger partial charge in [-0.25, -0.2) is 4.79 Å². The molecule has 6 heteroatoms. The zero-order valence-corrected chi connectivity index (χ0v) is 17.0. The predicted octanol–water partition coefficient (Wildman–Crippen LogP) is 4.83. The van der Waals surface area contributed by atoms with E-state index in [2.05, 4.69) is 10.6 Å². The molecule has 30 heavy (non-hydrogen) atoms. The van der Waals surface area contributed by atoms with Gasteiger partial charge < -0.3 is 21.1 Å². The Bertz CT molecular complexity index is 1030. The van der Waals surface area contributed by atoms with E-state index in [1.807, 2.05) is 80.6 Å². The third kappa shape index (κ3) is 5.85. The Kier molecular flexibility index (Phi) is 6.70. The molecular weight excluding hydrogens is 378 g/mol. The molecule has 0 radical (unpaired) electrons.